The number of aryl methyl sites for hydroxylation is 3. The number of unbranched alkanes of at least 4 members (excludes halogenated alkanes) is 1. The quantitative estimate of drug-likeness (QED) is 0.308. The lowest BCUT2D eigenvalue weighted by molar-refractivity contribution is -0.113. The fourth-order valence-corrected chi connectivity index (χ4v) is 5.02. The van der Waals surface area contributed by atoms with E-state index in [1.165, 1.54) is 16.6 Å². The minimum atomic E-state index is -0.242. The first-order valence-corrected chi connectivity index (χ1v) is 11.2. The molecule has 0 spiro atoms. The Kier molecular flexibility index (Phi) is 6.92. The fraction of sp³-hybridized carbons (Fsp3) is 0.400. The molecule has 0 aliphatic heterocycles. The maximum atomic E-state index is 13.1. The van der Waals surface area contributed by atoms with Gasteiger partial charge in [0.25, 0.3) is 5.56 Å². The van der Waals surface area contributed by atoms with Crippen molar-refractivity contribution >= 4 is 45.0 Å². The van der Waals surface area contributed by atoms with Crippen molar-refractivity contribution in [3.63, 3.8) is 0 Å². The average Bonchev–Trinajstić information content (AvgIpc) is 3.23. The smallest absolute Gasteiger partial charge is 0.263 e. The second-order valence-corrected chi connectivity index (χ2v) is 8.72. The molecule has 0 aliphatic carbocycles. The van der Waals surface area contributed by atoms with E-state index in [4.69, 9.17) is 9.51 Å². The standard InChI is InChI=1S/C20H24N4O3S2/c1-5-7-8-14-13(4)17-18(29-14)22-20(24(9-6-2)19(17)26)28-11-16(25)21-15-10-12(3)27-23-15/h6,10H,2,5,7-9,11H2,1,3-4H3,(H,21,23,25). The SMILES string of the molecule is C=CCn1c(SCC(=O)Nc2cc(C)on2)nc2sc(CCCC)c(C)c2c1=O. The Morgan fingerprint density at radius 2 is 2.24 bits per heavy atom. The van der Waals surface area contributed by atoms with Crippen LogP contribution in [0.5, 0.6) is 0 Å². The Bertz CT molecular complexity index is 1100. The molecule has 0 bridgehead atoms. The maximum Gasteiger partial charge on any atom is 0.263 e. The number of anilines is 1. The third kappa shape index (κ3) is 4.79. The molecule has 0 aliphatic rings. The van der Waals surface area contributed by atoms with E-state index in [9.17, 15) is 9.59 Å². The van der Waals surface area contributed by atoms with Gasteiger partial charge in [-0.1, -0.05) is 36.3 Å². The van der Waals surface area contributed by atoms with Crippen molar-refractivity contribution in [1.82, 2.24) is 14.7 Å². The van der Waals surface area contributed by atoms with Gasteiger partial charge in [-0.2, -0.15) is 0 Å². The first kappa shape index (κ1) is 21.3. The number of thiophene rings is 1. The van der Waals surface area contributed by atoms with Crippen LogP contribution in [0.4, 0.5) is 5.82 Å². The van der Waals surface area contributed by atoms with Gasteiger partial charge in [0, 0.05) is 17.5 Å². The number of rotatable bonds is 9. The molecule has 0 saturated carbocycles. The van der Waals surface area contributed by atoms with Crippen molar-refractivity contribution < 1.29 is 9.32 Å². The molecule has 0 radical (unpaired) electrons. The number of hydrogen-bond donors (Lipinski definition) is 1. The van der Waals surface area contributed by atoms with E-state index in [1.54, 1.807) is 35.0 Å². The molecule has 1 amide bonds. The van der Waals surface area contributed by atoms with E-state index in [0.29, 0.717) is 28.7 Å². The Hall–Kier alpha value is -2.39. The van der Waals surface area contributed by atoms with E-state index in [2.05, 4.69) is 24.0 Å². The molecule has 7 nitrogen and oxygen atoms in total. The number of aromatic nitrogens is 3. The number of nitrogens with one attached hydrogen (secondary N) is 1. The van der Waals surface area contributed by atoms with Crippen LogP contribution < -0.4 is 10.9 Å². The Morgan fingerprint density at radius 1 is 1.45 bits per heavy atom. The molecule has 0 fully saturated rings. The number of fused-ring (bicyclic) bond motifs is 1. The Labute approximate surface area is 177 Å². The largest absolute Gasteiger partial charge is 0.360 e. The molecule has 3 aromatic heterocycles. The summed E-state index contributed by atoms with van der Waals surface area (Å²) in [5.41, 5.74) is 0.936. The summed E-state index contributed by atoms with van der Waals surface area (Å²) in [7, 11) is 0. The van der Waals surface area contributed by atoms with Crippen molar-refractivity contribution in [1.29, 1.82) is 0 Å². The van der Waals surface area contributed by atoms with Gasteiger partial charge in [-0.3, -0.25) is 14.2 Å². The third-order valence-electron chi connectivity index (χ3n) is 4.41. The van der Waals surface area contributed by atoms with Gasteiger partial charge in [0.15, 0.2) is 11.0 Å². The zero-order valence-corrected chi connectivity index (χ0v) is 18.4. The topological polar surface area (TPSA) is 90.0 Å². The monoisotopic (exact) mass is 432 g/mol. The highest BCUT2D eigenvalue weighted by Crippen LogP contribution is 2.30. The van der Waals surface area contributed by atoms with Crippen LogP contribution >= 0.6 is 23.1 Å². The minimum Gasteiger partial charge on any atom is -0.360 e. The molecule has 3 rings (SSSR count). The van der Waals surface area contributed by atoms with Gasteiger partial charge in [0.1, 0.15) is 10.6 Å². The number of allylic oxidation sites excluding steroid dienone is 1. The van der Waals surface area contributed by atoms with Crippen molar-refractivity contribution in [2.75, 3.05) is 11.1 Å². The summed E-state index contributed by atoms with van der Waals surface area (Å²) in [6.07, 6.45) is 4.80. The highest BCUT2D eigenvalue weighted by molar-refractivity contribution is 7.99. The van der Waals surface area contributed by atoms with Crippen molar-refractivity contribution in [2.24, 2.45) is 0 Å². The van der Waals surface area contributed by atoms with Gasteiger partial charge >= 0.3 is 0 Å². The van der Waals surface area contributed by atoms with Crippen LogP contribution in [0.3, 0.4) is 0 Å². The van der Waals surface area contributed by atoms with Gasteiger partial charge < -0.3 is 9.84 Å². The van der Waals surface area contributed by atoms with E-state index in [-0.39, 0.29) is 17.2 Å². The zero-order chi connectivity index (χ0) is 21.0. The molecule has 3 heterocycles. The summed E-state index contributed by atoms with van der Waals surface area (Å²) in [5, 5.41) is 7.61. The number of nitrogens with zero attached hydrogens (tertiary/aromatic N) is 3. The molecular weight excluding hydrogens is 408 g/mol. The summed E-state index contributed by atoms with van der Waals surface area (Å²) in [6, 6.07) is 1.65. The van der Waals surface area contributed by atoms with Crippen molar-refractivity contribution in [2.45, 2.75) is 51.7 Å². The first-order chi connectivity index (χ1) is 13.9. The molecule has 9 heteroatoms. The van der Waals surface area contributed by atoms with Crippen LogP contribution in [-0.2, 0) is 17.8 Å². The number of thioether (sulfide) groups is 1. The van der Waals surface area contributed by atoms with Gasteiger partial charge in [0.05, 0.1) is 11.1 Å². The molecule has 154 valence electrons. The normalized spacial score (nSPS) is 11.1. The summed E-state index contributed by atoms with van der Waals surface area (Å²) >= 11 is 2.80. The molecule has 0 unspecified atom stereocenters. The Morgan fingerprint density at radius 3 is 2.90 bits per heavy atom. The molecule has 0 saturated heterocycles. The van der Waals surface area contributed by atoms with Crippen molar-refractivity contribution in [3.8, 4) is 0 Å². The molecule has 0 atom stereocenters. The van der Waals surface area contributed by atoms with Crippen LogP contribution in [0.15, 0.2) is 33.2 Å². The number of carbonyl (C=O) groups excluding carboxylic acids is 1. The second kappa shape index (κ2) is 9.41. The van der Waals surface area contributed by atoms with Gasteiger partial charge in [-0.05, 0) is 32.3 Å². The highest BCUT2D eigenvalue weighted by atomic mass is 32.2. The maximum absolute atomic E-state index is 13.1. The molecule has 0 aromatic carbocycles. The lowest BCUT2D eigenvalue weighted by atomic mass is 10.1. The summed E-state index contributed by atoms with van der Waals surface area (Å²) in [6.45, 7) is 9.98. The lowest BCUT2D eigenvalue weighted by Crippen LogP contribution is -2.23. The number of hydrogen-bond acceptors (Lipinski definition) is 7. The third-order valence-corrected chi connectivity index (χ3v) is 6.63. The summed E-state index contributed by atoms with van der Waals surface area (Å²) < 4.78 is 6.53. The minimum absolute atomic E-state index is 0.0820. The van der Waals surface area contributed by atoms with E-state index in [0.717, 1.165) is 29.7 Å². The predicted octanol–water partition coefficient (Wildman–Crippen LogP) is 4.32. The second-order valence-electron chi connectivity index (χ2n) is 6.69. The Balaban J connectivity index is 1.87. The zero-order valence-electron chi connectivity index (χ0n) is 16.8. The van der Waals surface area contributed by atoms with E-state index >= 15 is 0 Å². The summed E-state index contributed by atoms with van der Waals surface area (Å²) in [5.74, 6) is 0.851. The van der Waals surface area contributed by atoms with Crippen LogP contribution in [0.2, 0.25) is 0 Å². The average molecular weight is 433 g/mol. The van der Waals surface area contributed by atoms with Gasteiger partial charge in [0.2, 0.25) is 5.91 Å². The van der Waals surface area contributed by atoms with Crippen LogP contribution in [-0.4, -0.2) is 26.4 Å². The molecule has 1 N–H and O–H groups in total. The van der Waals surface area contributed by atoms with Gasteiger partial charge in [-0.25, -0.2) is 4.98 Å². The molecule has 29 heavy (non-hydrogen) atoms. The fourth-order valence-electron chi connectivity index (χ4n) is 2.95. The molecular formula is C20H24N4O3S2. The number of carbonyl (C=O) groups is 1. The van der Waals surface area contributed by atoms with Crippen LogP contribution in [0, 0.1) is 13.8 Å². The molecule has 3 aromatic rings. The van der Waals surface area contributed by atoms with Crippen LogP contribution in [0.1, 0.15) is 36.0 Å². The summed E-state index contributed by atoms with van der Waals surface area (Å²) in [4.78, 5) is 32.0. The van der Waals surface area contributed by atoms with E-state index < -0.39 is 0 Å². The van der Waals surface area contributed by atoms with Crippen molar-refractivity contribution in [3.05, 3.63) is 45.3 Å². The van der Waals surface area contributed by atoms with E-state index in [1.807, 2.05) is 6.92 Å². The first-order valence-electron chi connectivity index (χ1n) is 9.44. The van der Waals surface area contributed by atoms with Crippen LogP contribution in [0.25, 0.3) is 10.2 Å². The van der Waals surface area contributed by atoms with Gasteiger partial charge in [-0.15, -0.1) is 17.9 Å². The predicted molar refractivity (Wildman–Crippen MR) is 118 cm³/mol. The lowest BCUT2D eigenvalue weighted by Gasteiger charge is -2.10. The highest BCUT2D eigenvalue weighted by Gasteiger charge is 2.18. The number of amides is 1.